The molecule has 1 heterocycles. The van der Waals surface area contributed by atoms with Gasteiger partial charge >= 0.3 is 0 Å². The van der Waals surface area contributed by atoms with Gasteiger partial charge in [-0.3, -0.25) is 0 Å². The molecule has 0 bridgehead atoms. The van der Waals surface area contributed by atoms with Gasteiger partial charge in [0.2, 0.25) is 0 Å². The Labute approximate surface area is 113 Å². The number of aliphatic hydroxyl groups excluding tert-OH is 1. The second-order valence-electron chi connectivity index (χ2n) is 4.73. The summed E-state index contributed by atoms with van der Waals surface area (Å²) >= 11 is 0. The molecule has 4 nitrogen and oxygen atoms in total. The molecule has 102 valence electrons. The quantitative estimate of drug-likeness (QED) is 0.898. The maximum atomic E-state index is 9.16. The zero-order chi connectivity index (χ0) is 13.8. The predicted molar refractivity (Wildman–Crippen MR) is 74.3 cm³/mol. The Morgan fingerprint density at radius 3 is 2.42 bits per heavy atom. The number of hydrogen-bond acceptors (Lipinski definition) is 3. The summed E-state index contributed by atoms with van der Waals surface area (Å²) in [5.74, 6) is 1.91. The van der Waals surface area contributed by atoms with Crippen LogP contribution in [0.25, 0.3) is 0 Å². The molecule has 0 saturated heterocycles. The van der Waals surface area contributed by atoms with Crippen LogP contribution in [0.1, 0.15) is 22.5 Å². The van der Waals surface area contributed by atoms with Crippen LogP contribution in [0, 0.1) is 20.8 Å². The molecule has 1 aromatic heterocycles. The number of nitrogens with zero attached hydrogens (tertiary/aromatic N) is 2. The van der Waals surface area contributed by atoms with Gasteiger partial charge in [-0.15, -0.1) is 0 Å². The van der Waals surface area contributed by atoms with Crippen molar-refractivity contribution in [3.63, 3.8) is 0 Å². The first-order valence-corrected chi connectivity index (χ1v) is 6.43. The molecule has 0 aliphatic carbocycles. The Kier molecular flexibility index (Phi) is 4.22. The van der Waals surface area contributed by atoms with Crippen molar-refractivity contribution in [3.05, 3.63) is 47.0 Å². The van der Waals surface area contributed by atoms with E-state index in [4.69, 9.17) is 9.84 Å². The number of aryl methyl sites for hydroxylation is 3. The van der Waals surface area contributed by atoms with Crippen molar-refractivity contribution in [2.45, 2.75) is 33.9 Å². The number of benzene rings is 1. The van der Waals surface area contributed by atoms with Crippen LogP contribution in [-0.2, 0) is 13.2 Å². The van der Waals surface area contributed by atoms with Crippen molar-refractivity contribution in [1.82, 2.24) is 9.55 Å². The van der Waals surface area contributed by atoms with Crippen LogP contribution in [0.15, 0.2) is 24.5 Å². The van der Waals surface area contributed by atoms with E-state index in [1.165, 1.54) is 0 Å². The summed E-state index contributed by atoms with van der Waals surface area (Å²) in [6.45, 7) is 7.44. The van der Waals surface area contributed by atoms with E-state index < -0.39 is 0 Å². The van der Waals surface area contributed by atoms with Gasteiger partial charge in [-0.1, -0.05) is 12.1 Å². The summed E-state index contributed by atoms with van der Waals surface area (Å²) in [5, 5.41) is 9.16. The summed E-state index contributed by atoms with van der Waals surface area (Å²) in [6, 6.07) is 3.93. The minimum atomic E-state index is 0.0657. The lowest BCUT2D eigenvalue weighted by Crippen LogP contribution is -2.10. The van der Waals surface area contributed by atoms with Crippen molar-refractivity contribution in [3.8, 4) is 5.75 Å². The standard InChI is InChI=1S/C15H20N2O2/c1-11-8-14(10-18)9-12(2)15(11)19-7-6-17-5-4-16-13(17)3/h4-5,8-9,18H,6-7,10H2,1-3H3. The van der Waals surface area contributed by atoms with E-state index in [2.05, 4.69) is 9.55 Å². The van der Waals surface area contributed by atoms with Crippen molar-refractivity contribution in [2.75, 3.05) is 6.61 Å². The Morgan fingerprint density at radius 2 is 1.89 bits per heavy atom. The third-order valence-corrected chi connectivity index (χ3v) is 3.20. The number of rotatable bonds is 5. The fourth-order valence-corrected chi connectivity index (χ4v) is 2.25. The number of aromatic nitrogens is 2. The summed E-state index contributed by atoms with van der Waals surface area (Å²) in [5.41, 5.74) is 3.05. The highest BCUT2D eigenvalue weighted by atomic mass is 16.5. The average molecular weight is 260 g/mol. The zero-order valence-corrected chi connectivity index (χ0v) is 11.7. The molecule has 1 N–H and O–H groups in total. The molecule has 19 heavy (non-hydrogen) atoms. The summed E-state index contributed by atoms with van der Waals surface area (Å²) in [4.78, 5) is 4.18. The van der Waals surface area contributed by atoms with E-state index in [1.54, 1.807) is 6.20 Å². The van der Waals surface area contributed by atoms with E-state index in [-0.39, 0.29) is 6.61 Å². The van der Waals surface area contributed by atoms with Gasteiger partial charge in [-0.25, -0.2) is 4.98 Å². The summed E-state index contributed by atoms with van der Waals surface area (Å²) in [6.07, 6.45) is 3.75. The fourth-order valence-electron chi connectivity index (χ4n) is 2.25. The molecule has 0 radical (unpaired) electrons. The maximum absolute atomic E-state index is 9.16. The van der Waals surface area contributed by atoms with Crippen LogP contribution >= 0.6 is 0 Å². The van der Waals surface area contributed by atoms with Crippen LogP contribution in [0.4, 0.5) is 0 Å². The lowest BCUT2D eigenvalue weighted by atomic mass is 10.1. The molecule has 4 heteroatoms. The van der Waals surface area contributed by atoms with Crippen LogP contribution < -0.4 is 4.74 Å². The average Bonchev–Trinajstić information content (AvgIpc) is 2.78. The van der Waals surface area contributed by atoms with Crippen LogP contribution in [-0.4, -0.2) is 21.3 Å². The van der Waals surface area contributed by atoms with Gasteiger partial charge in [0.05, 0.1) is 13.2 Å². The SMILES string of the molecule is Cc1cc(CO)cc(C)c1OCCn1ccnc1C. The highest BCUT2D eigenvalue weighted by Gasteiger charge is 2.06. The summed E-state index contributed by atoms with van der Waals surface area (Å²) < 4.78 is 7.93. The molecule has 0 fully saturated rings. The molecule has 0 saturated carbocycles. The normalized spacial score (nSPS) is 10.7. The third kappa shape index (κ3) is 3.15. The molecule has 2 aromatic rings. The molecular formula is C15H20N2O2. The molecule has 2 rings (SSSR count). The van der Waals surface area contributed by atoms with Crippen molar-refractivity contribution in [1.29, 1.82) is 0 Å². The number of imidazole rings is 1. The van der Waals surface area contributed by atoms with Crippen LogP contribution in [0.2, 0.25) is 0 Å². The fraction of sp³-hybridized carbons (Fsp3) is 0.400. The smallest absolute Gasteiger partial charge is 0.125 e. The third-order valence-electron chi connectivity index (χ3n) is 3.20. The van der Waals surface area contributed by atoms with Crippen molar-refractivity contribution < 1.29 is 9.84 Å². The first kappa shape index (κ1) is 13.6. The van der Waals surface area contributed by atoms with Gasteiger partial charge in [0.1, 0.15) is 18.2 Å². The van der Waals surface area contributed by atoms with Gasteiger partial charge in [-0.05, 0) is 37.5 Å². The highest BCUT2D eigenvalue weighted by Crippen LogP contribution is 2.24. The second-order valence-corrected chi connectivity index (χ2v) is 4.73. The molecule has 0 aliphatic rings. The monoisotopic (exact) mass is 260 g/mol. The van der Waals surface area contributed by atoms with E-state index in [0.29, 0.717) is 6.61 Å². The number of aliphatic hydroxyl groups is 1. The highest BCUT2D eigenvalue weighted by molar-refractivity contribution is 5.43. The minimum absolute atomic E-state index is 0.0657. The Morgan fingerprint density at radius 1 is 1.21 bits per heavy atom. The van der Waals surface area contributed by atoms with Gasteiger partial charge in [0.15, 0.2) is 0 Å². The molecule has 1 aromatic carbocycles. The lowest BCUT2D eigenvalue weighted by molar-refractivity contribution is 0.279. The van der Waals surface area contributed by atoms with E-state index in [9.17, 15) is 0 Å². The molecule has 0 spiro atoms. The molecule has 0 unspecified atom stereocenters. The first-order valence-electron chi connectivity index (χ1n) is 6.43. The Balaban J connectivity index is 2.02. The maximum Gasteiger partial charge on any atom is 0.125 e. The van der Waals surface area contributed by atoms with Crippen molar-refractivity contribution >= 4 is 0 Å². The van der Waals surface area contributed by atoms with Gasteiger partial charge in [-0.2, -0.15) is 0 Å². The molecule has 0 amide bonds. The summed E-state index contributed by atoms with van der Waals surface area (Å²) in [7, 11) is 0. The lowest BCUT2D eigenvalue weighted by Gasteiger charge is -2.14. The molecular weight excluding hydrogens is 240 g/mol. The van der Waals surface area contributed by atoms with E-state index in [1.807, 2.05) is 39.1 Å². The van der Waals surface area contributed by atoms with Gasteiger partial charge in [0.25, 0.3) is 0 Å². The zero-order valence-electron chi connectivity index (χ0n) is 11.7. The largest absolute Gasteiger partial charge is 0.491 e. The van der Waals surface area contributed by atoms with Crippen molar-refractivity contribution in [2.24, 2.45) is 0 Å². The van der Waals surface area contributed by atoms with Crippen LogP contribution in [0.3, 0.4) is 0 Å². The van der Waals surface area contributed by atoms with E-state index >= 15 is 0 Å². The van der Waals surface area contributed by atoms with E-state index in [0.717, 1.165) is 34.8 Å². The Hall–Kier alpha value is -1.81. The van der Waals surface area contributed by atoms with Gasteiger partial charge in [0, 0.05) is 12.4 Å². The minimum Gasteiger partial charge on any atom is -0.491 e. The predicted octanol–water partition coefficient (Wildman–Crippen LogP) is 2.38. The van der Waals surface area contributed by atoms with Crippen LogP contribution in [0.5, 0.6) is 5.75 Å². The topological polar surface area (TPSA) is 47.3 Å². The molecule has 0 aliphatic heterocycles. The number of ether oxygens (including phenoxy) is 1. The first-order chi connectivity index (χ1) is 9.11. The van der Waals surface area contributed by atoms with Gasteiger partial charge < -0.3 is 14.4 Å². The molecule has 0 atom stereocenters. The Bertz CT molecular complexity index is 538. The number of hydrogen-bond donors (Lipinski definition) is 1. The second kappa shape index (κ2) is 5.89.